The Morgan fingerprint density at radius 3 is 2.48 bits per heavy atom. The summed E-state index contributed by atoms with van der Waals surface area (Å²) in [6.07, 6.45) is 3.69. The largest absolute Gasteiger partial charge is 0.353 e. The van der Waals surface area contributed by atoms with Crippen LogP contribution in [0.1, 0.15) is 36.2 Å². The molecule has 0 atom stereocenters. The lowest BCUT2D eigenvalue weighted by Crippen LogP contribution is -2.43. The number of thiazole rings is 1. The lowest BCUT2D eigenvalue weighted by molar-refractivity contribution is -0.126. The van der Waals surface area contributed by atoms with Crippen molar-refractivity contribution in [2.24, 2.45) is 5.92 Å². The Labute approximate surface area is 151 Å². The molecule has 1 aliphatic heterocycles. The van der Waals surface area contributed by atoms with Crippen molar-refractivity contribution in [3.05, 3.63) is 41.4 Å². The number of hydrogen-bond donors (Lipinski definition) is 1. The van der Waals surface area contributed by atoms with Crippen molar-refractivity contribution in [1.29, 1.82) is 0 Å². The number of nitrogens with one attached hydrogen (secondary N) is 1. The highest BCUT2D eigenvalue weighted by molar-refractivity contribution is 7.13. The van der Waals surface area contributed by atoms with E-state index < -0.39 is 0 Å². The third kappa shape index (κ3) is 3.74. The van der Waals surface area contributed by atoms with Gasteiger partial charge in [-0.3, -0.25) is 9.59 Å². The molecule has 5 nitrogen and oxygen atoms in total. The Balaban J connectivity index is 1.36. The van der Waals surface area contributed by atoms with Crippen LogP contribution in [0.15, 0.2) is 35.7 Å². The van der Waals surface area contributed by atoms with E-state index in [0.717, 1.165) is 36.3 Å². The normalized spacial score (nSPS) is 18.2. The maximum Gasteiger partial charge on any atom is 0.273 e. The standard InChI is InChI=1S/C19H21N3O2S/c23-17(20-15-6-7-15)13-8-10-22(11-9-13)19(24)16-12-25-18(21-16)14-4-2-1-3-5-14/h1-5,12-13,15H,6-11H2,(H,20,23). The van der Waals surface area contributed by atoms with E-state index in [-0.39, 0.29) is 17.7 Å². The maximum absolute atomic E-state index is 12.7. The zero-order chi connectivity index (χ0) is 17.2. The number of likely N-dealkylation sites (tertiary alicyclic amines) is 1. The summed E-state index contributed by atoms with van der Waals surface area (Å²) in [4.78, 5) is 31.1. The average Bonchev–Trinajstić information content (AvgIpc) is 3.34. The van der Waals surface area contributed by atoms with E-state index in [9.17, 15) is 9.59 Å². The molecular weight excluding hydrogens is 334 g/mol. The number of benzene rings is 1. The molecule has 2 aliphatic rings. The van der Waals surface area contributed by atoms with Crippen molar-refractivity contribution in [2.45, 2.75) is 31.7 Å². The zero-order valence-corrected chi connectivity index (χ0v) is 14.8. The molecule has 0 bridgehead atoms. The fourth-order valence-corrected chi connectivity index (χ4v) is 3.94. The van der Waals surface area contributed by atoms with Crippen LogP contribution in [0.2, 0.25) is 0 Å². The Kier molecular flexibility index (Phi) is 4.53. The summed E-state index contributed by atoms with van der Waals surface area (Å²) in [6.45, 7) is 1.25. The fourth-order valence-electron chi connectivity index (χ4n) is 3.14. The van der Waals surface area contributed by atoms with Gasteiger partial charge in [0.15, 0.2) is 0 Å². The van der Waals surface area contributed by atoms with Gasteiger partial charge < -0.3 is 10.2 Å². The molecule has 0 radical (unpaired) electrons. The van der Waals surface area contributed by atoms with Crippen LogP contribution < -0.4 is 5.32 Å². The minimum absolute atomic E-state index is 0.0283. The van der Waals surface area contributed by atoms with Gasteiger partial charge in [-0.1, -0.05) is 30.3 Å². The Morgan fingerprint density at radius 1 is 1.08 bits per heavy atom. The van der Waals surface area contributed by atoms with E-state index in [1.165, 1.54) is 11.3 Å². The van der Waals surface area contributed by atoms with Gasteiger partial charge in [-0.2, -0.15) is 0 Å². The van der Waals surface area contributed by atoms with Gasteiger partial charge in [0.2, 0.25) is 5.91 Å². The third-order valence-electron chi connectivity index (χ3n) is 4.82. The van der Waals surface area contributed by atoms with E-state index in [1.54, 1.807) is 0 Å². The van der Waals surface area contributed by atoms with Crippen LogP contribution in [0.25, 0.3) is 10.6 Å². The van der Waals surface area contributed by atoms with Crippen molar-refractivity contribution >= 4 is 23.2 Å². The molecule has 0 spiro atoms. The molecule has 6 heteroatoms. The molecule has 1 saturated heterocycles. The molecule has 2 fully saturated rings. The highest BCUT2D eigenvalue weighted by atomic mass is 32.1. The van der Waals surface area contributed by atoms with Gasteiger partial charge in [0.05, 0.1) is 0 Å². The first-order valence-corrected chi connectivity index (χ1v) is 9.69. The Bertz CT molecular complexity index is 762. The number of amides is 2. The molecule has 4 rings (SSSR count). The number of piperidine rings is 1. The van der Waals surface area contributed by atoms with Crippen molar-refractivity contribution < 1.29 is 9.59 Å². The van der Waals surface area contributed by atoms with Crippen LogP contribution in [0.4, 0.5) is 0 Å². The second kappa shape index (κ2) is 6.96. The van der Waals surface area contributed by atoms with Gasteiger partial charge >= 0.3 is 0 Å². The second-order valence-electron chi connectivity index (χ2n) is 6.75. The summed E-state index contributed by atoms with van der Waals surface area (Å²) in [6, 6.07) is 10.3. The van der Waals surface area contributed by atoms with Gasteiger partial charge in [0.25, 0.3) is 5.91 Å². The van der Waals surface area contributed by atoms with E-state index in [2.05, 4.69) is 10.3 Å². The van der Waals surface area contributed by atoms with E-state index in [4.69, 9.17) is 0 Å². The molecule has 0 unspecified atom stereocenters. The molecule has 2 heterocycles. The van der Waals surface area contributed by atoms with Gasteiger partial charge in [0, 0.05) is 36.0 Å². The summed E-state index contributed by atoms with van der Waals surface area (Å²) in [5.41, 5.74) is 1.53. The fraction of sp³-hybridized carbons (Fsp3) is 0.421. The zero-order valence-electron chi connectivity index (χ0n) is 14.0. The predicted molar refractivity (Wildman–Crippen MR) is 97.3 cm³/mol. The SMILES string of the molecule is O=C(NC1CC1)C1CCN(C(=O)c2csc(-c3ccccc3)n2)CC1. The highest BCUT2D eigenvalue weighted by Gasteiger charge is 2.31. The first kappa shape index (κ1) is 16.3. The lowest BCUT2D eigenvalue weighted by atomic mass is 9.95. The molecule has 1 aromatic carbocycles. The number of nitrogens with zero attached hydrogens (tertiary/aromatic N) is 2. The summed E-state index contributed by atoms with van der Waals surface area (Å²) in [7, 11) is 0. The van der Waals surface area contributed by atoms with E-state index in [0.29, 0.717) is 24.8 Å². The molecule has 2 aromatic rings. The topological polar surface area (TPSA) is 62.3 Å². The molecule has 25 heavy (non-hydrogen) atoms. The summed E-state index contributed by atoms with van der Waals surface area (Å²) < 4.78 is 0. The monoisotopic (exact) mass is 355 g/mol. The van der Waals surface area contributed by atoms with Crippen LogP contribution in [0, 0.1) is 5.92 Å². The average molecular weight is 355 g/mol. The Morgan fingerprint density at radius 2 is 1.80 bits per heavy atom. The van der Waals surface area contributed by atoms with E-state index >= 15 is 0 Å². The molecule has 2 amide bonds. The second-order valence-corrected chi connectivity index (χ2v) is 7.61. The summed E-state index contributed by atoms with van der Waals surface area (Å²) >= 11 is 1.49. The molecule has 1 saturated carbocycles. The van der Waals surface area contributed by atoms with Crippen LogP contribution >= 0.6 is 11.3 Å². The third-order valence-corrected chi connectivity index (χ3v) is 5.71. The Hall–Kier alpha value is -2.21. The minimum atomic E-state index is -0.0283. The first-order valence-electron chi connectivity index (χ1n) is 8.81. The highest BCUT2D eigenvalue weighted by Crippen LogP contribution is 2.26. The van der Waals surface area contributed by atoms with Gasteiger partial charge in [-0.25, -0.2) is 4.98 Å². The smallest absolute Gasteiger partial charge is 0.273 e. The molecular formula is C19H21N3O2S. The number of hydrogen-bond acceptors (Lipinski definition) is 4. The van der Waals surface area contributed by atoms with Crippen molar-refractivity contribution in [2.75, 3.05) is 13.1 Å². The maximum atomic E-state index is 12.7. The molecule has 130 valence electrons. The van der Waals surface area contributed by atoms with E-state index in [1.807, 2.05) is 40.6 Å². The van der Waals surface area contributed by atoms with Crippen LogP contribution in [0.3, 0.4) is 0 Å². The molecule has 1 aliphatic carbocycles. The lowest BCUT2D eigenvalue weighted by Gasteiger charge is -2.30. The first-order chi connectivity index (χ1) is 12.2. The van der Waals surface area contributed by atoms with Crippen LogP contribution in [0.5, 0.6) is 0 Å². The quantitative estimate of drug-likeness (QED) is 0.917. The summed E-state index contributed by atoms with van der Waals surface area (Å²) in [5, 5.41) is 5.76. The van der Waals surface area contributed by atoms with Gasteiger partial charge in [-0.15, -0.1) is 11.3 Å². The summed E-state index contributed by atoms with van der Waals surface area (Å²) in [5.74, 6) is 0.175. The van der Waals surface area contributed by atoms with Crippen molar-refractivity contribution in [1.82, 2.24) is 15.2 Å². The number of carbonyl (C=O) groups excluding carboxylic acids is 2. The number of rotatable bonds is 4. The molecule has 1 N–H and O–H groups in total. The van der Waals surface area contributed by atoms with Gasteiger partial charge in [0.1, 0.15) is 10.7 Å². The van der Waals surface area contributed by atoms with Crippen LogP contribution in [-0.4, -0.2) is 40.8 Å². The van der Waals surface area contributed by atoms with Gasteiger partial charge in [-0.05, 0) is 25.7 Å². The number of carbonyl (C=O) groups is 2. The molecule has 1 aromatic heterocycles. The number of aromatic nitrogens is 1. The predicted octanol–water partition coefficient (Wildman–Crippen LogP) is 2.94. The van der Waals surface area contributed by atoms with Crippen molar-refractivity contribution in [3.8, 4) is 10.6 Å². The minimum Gasteiger partial charge on any atom is -0.353 e. The van der Waals surface area contributed by atoms with Crippen molar-refractivity contribution in [3.63, 3.8) is 0 Å². The van der Waals surface area contributed by atoms with Crippen LogP contribution in [-0.2, 0) is 4.79 Å².